The lowest BCUT2D eigenvalue weighted by Crippen LogP contribution is -2.09. The van der Waals surface area contributed by atoms with Crippen molar-refractivity contribution < 1.29 is 30.6 Å². The number of fused-ring (bicyclic) bond motifs is 5. The number of rotatable bonds is 5. The van der Waals surface area contributed by atoms with Gasteiger partial charge in [-0.1, -0.05) is 23.3 Å². The van der Waals surface area contributed by atoms with Crippen molar-refractivity contribution in [2.24, 2.45) is 0 Å². The highest BCUT2D eigenvalue weighted by molar-refractivity contribution is 6.31. The number of phenols is 5. The van der Waals surface area contributed by atoms with Gasteiger partial charge in [-0.05, 0) is 64.3 Å². The highest BCUT2D eigenvalue weighted by atomic mass is 16.3. The monoisotopic (exact) mass is 556 g/mol. The van der Waals surface area contributed by atoms with Crippen LogP contribution >= 0.6 is 0 Å². The molecule has 0 unspecified atom stereocenters. The van der Waals surface area contributed by atoms with Gasteiger partial charge < -0.3 is 30.6 Å². The molecule has 0 fully saturated rings. The zero-order valence-corrected chi connectivity index (χ0v) is 22.8. The molecule has 0 aliphatic rings. The Bertz CT molecular complexity index is 2150. The van der Waals surface area contributed by atoms with Gasteiger partial charge in [-0.2, -0.15) is 0 Å². The molecule has 5 aromatic carbocycles. The van der Waals surface area contributed by atoms with Gasteiger partial charge in [0.1, 0.15) is 28.7 Å². The van der Waals surface area contributed by atoms with Gasteiger partial charge in [-0.25, -0.2) is 0 Å². The van der Waals surface area contributed by atoms with E-state index in [2.05, 4.69) is 0 Å². The van der Waals surface area contributed by atoms with Crippen LogP contribution < -0.4 is 16.3 Å². The number of aromatic hydroxyl groups is 5. The number of aliphatic hydroxyl groups is 1. The predicted octanol–water partition coefficient (Wildman–Crippen LogP) is 4.68. The van der Waals surface area contributed by atoms with Gasteiger partial charge in [0.2, 0.25) is 0 Å². The van der Waals surface area contributed by atoms with Gasteiger partial charge in [0.05, 0.1) is 27.6 Å². The molecule has 0 saturated carbocycles. The maximum absolute atomic E-state index is 13.3. The molecule has 0 aromatic heterocycles. The quantitative estimate of drug-likeness (QED) is 0.133. The topological polar surface area (TPSA) is 173 Å². The first-order valence-electron chi connectivity index (χ1n) is 12.9. The van der Waals surface area contributed by atoms with Gasteiger partial charge in [-0.15, -0.1) is 0 Å². The van der Waals surface area contributed by atoms with Crippen molar-refractivity contribution in [2.75, 3.05) is 0 Å². The molecular formula is C32H28O9. The molecule has 0 radical (unpaired) electrons. The highest BCUT2D eigenvalue weighted by Gasteiger charge is 2.31. The Labute approximate surface area is 232 Å². The van der Waals surface area contributed by atoms with Gasteiger partial charge in [0.25, 0.3) is 0 Å². The maximum atomic E-state index is 13.3. The summed E-state index contributed by atoms with van der Waals surface area (Å²) < 4.78 is 0. The number of allylic oxidation sites excluding steroid dienone is 3. The summed E-state index contributed by atoms with van der Waals surface area (Å²) in [7, 11) is 0. The Morgan fingerprint density at radius 2 is 1.05 bits per heavy atom. The number of hydrogen-bond donors (Lipinski definition) is 6. The third kappa shape index (κ3) is 4.00. The summed E-state index contributed by atoms with van der Waals surface area (Å²) in [6, 6.07) is 2.89. The van der Waals surface area contributed by atoms with Crippen molar-refractivity contribution in [3.05, 3.63) is 83.3 Å². The van der Waals surface area contributed by atoms with Crippen molar-refractivity contribution in [1.82, 2.24) is 0 Å². The summed E-state index contributed by atoms with van der Waals surface area (Å²) >= 11 is 0. The lowest BCUT2D eigenvalue weighted by atomic mass is 9.94. The van der Waals surface area contributed by atoms with Gasteiger partial charge in [0.15, 0.2) is 16.3 Å². The smallest absolute Gasteiger partial charge is 0.190 e. The Morgan fingerprint density at radius 3 is 1.54 bits per heavy atom. The molecule has 0 aliphatic heterocycles. The first-order valence-corrected chi connectivity index (χ1v) is 12.9. The van der Waals surface area contributed by atoms with Crippen LogP contribution in [0.3, 0.4) is 0 Å². The fourth-order valence-electron chi connectivity index (χ4n) is 5.58. The van der Waals surface area contributed by atoms with E-state index in [0.717, 1.165) is 29.3 Å². The number of aliphatic hydroxyl groups excluding tert-OH is 1. The molecule has 0 aliphatic carbocycles. The first-order chi connectivity index (χ1) is 19.3. The van der Waals surface area contributed by atoms with Crippen LogP contribution in [0.4, 0.5) is 0 Å². The van der Waals surface area contributed by atoms with Crippen molar-refractivity contribution in [3.8, 4) is 28.7 Å². The predicted molar refractivity (Wildman–Crippen MR) is 158 cm³/mol. The van der Waals surface area contributed by atoms with E-state index >= 15 is 0 Å². The Hall–Kier alpha value is -4.89. The van der Waals surface area contributed by atoms with Gasteiger partial charge in [0, 0.05) is 27.1 Å². The van der Waals surface area contributed by atoms with E-state index in [9.17, 15) is 45.0 Å². The summed E-state index contributed by atoms with van der Waals surface area (Å²) in [5, 5.41) is 65.3. The van der Waals surface area contributed by atoms with E-state index in [1.54, 1.807) is 12.2 Å². The molecule has 5 aromatic rings. The van der Waals surface area contributed by atoms with Crippen LogP contribution in [0.1, 0.15) is 51.3 Å². The molecule has 41 heavy (non-hydrogen) atoms. The number of benzene rings is 4. The highest BCUT2D eigenvalue weighted by Crippen LogP contribution is 2.55. The zero-order chi connectivity index (χ0) is 30.1. The summed E-state index contributed by atoms with van der Waals surface area (Å²) in [6.07, 6.45) is 2.28. The minimum Gasteiger partial charge on any atom is -0.507 e. The number of hydrogen-bond acceptors (Lipinski definition) is 9. The van der Waals surface area contributed by atoms with Crippen LogP contribution in [0.2, 0.25) is 0 Å². The average molecular weight is 557 g/mol. The van der Waals surface area contributed by atoms with Crippen molar-refractivity contribution in [2.45, 2.75) is 46.6 Å². The van der Waals surface area contributed by atoms with Crippen molar-refractivity contribution in [3.63, 3.8) is 0 Å². The second kappa shape index (κ2) is 9.64. The normalized spacial score (nSPS) is 12.4. The van der Waals surface area contributed by atoms with Gasteiger partial charge >= 0.3 is 0 Å². The molecule has 0 heterocycles. The van der Waals surface area contributed by atoms with E-state index in [1.807, 2.05) is 27.7 Å². The first kappa shape index (κ1) is 27.7. The van der Waals surface area contributed by atoms with Crippen LogP contribution in [0.15, 0.2) is 55.9 Å². The third-order valence-electron chi connectivity index (χ3n) is 7.49. The van der Waals surface area contributed by atoms with Crippen molar-refractivity contribution >= 4 is 43.1 Å². The largest absolute Gasteiger partial charge is 0.507 e. The molecule has 210 valence electrons. The van der Waals surface area contributed by atoms with E-state index < -0.39 is 72.7 Å². The molecule has 6 N–H and O–H groups in total. The fourth-order valence-corrected chi connectivity index (χ4v) is 5.58. The van der Waals surface area contributed by atoms with Crippen LogP contribution in [-0.4, -0.2) is 30.6 Å². The maximum Gasteiger partial charge on any atom is 0.190 e. The van der Waals surface area contributed by atoms with Crippen LogP contribution in [0, 0.1) is 0 Å². The average Bonchev–Trinajstić information content (AvgIpc) is 3.26. The zero-order valence-electron chi connectivity index (χ0n) is 22.8. The van der Waals surface area contributed by atoms with Crippen LogP contribution in [0.5, 0.6) is 28.7 Å². The molecule has 0 bridgehead atoms. The fraction of sp³-hybridized carbons (Fsp3) is 0.219. The second-order valence-electron chi connectivity index (χ2n) is 10.8. The van der Waals surface area contributed by atoms with E-state index in [-0.39, 0.29) is 45.5 Å². The van der Waals surface area contributed by atoms with Gasteiger partial charge in [-0.3, -0.25) is 14.4 Å². The molecule has 1 atom stereocenters. The Morgan fingerprint density at radius 1 is 0.610 bits per heavy atom. The summed E-state index contributed by atoms with van der Waals surface area (Å²) in [6.45, 7) is 7.25. The standard InChI is InChI=1S/C32H28O9/c1-12(2)5-7-14-20-25(31(40)23-18(35)10-9-17(34)22(23)29(20)38)26-21(14)30(39)27-24(32(26)41)19(36)11-15(28(27)37)16(33)8-6-13(3)4/h5-6,9-11,16,33,37-41H,7-8H2,1-4H3/t16-/m0/s1. The summed E-state index contributed by atoms with van der Waals surface area (Å²) in [5.74, 6) is -3.31. The molecular weight excluding hydrogens is 528 g/mol. The van der Waals surface area contributed by atoms with Crippen LogP contribution in [0.25, 0.3) is 43.1 Å². The van der Waals surface area contributed by atoms with Crippen molar-refractivity contribution in [1.29, 1.82) is 0 Å². The summed E-state index contributed by atoms with van der Waals surface area (Å²) in [5.41, 5.74) is -0.525. The molecule has 9 heteroatoms. The molecule has 0 spiro atoms. The van der Waals surface area contributed by atoms with E-state index in [4.69, 9.17) is 0 Å². The molecule has 9 nitrogen and oxygen atoms in total. The van der Waals surface area contributed by atoms with E-state index in [1.165, 1.54) is 0 Å². The SMILES string of the molecule is CC(C)=CCc1c2c(O)c3c(O)c([C@@H](O)CC=C(C)C)cc(=O)c3c(O)c2c2c(O)c3c(=O)ccc(=O)c3c(O)c12. The lowest BCUT2D eigenvalue weighted by molar-refractivity contribution is 0.177. The summed E-state index contributed by atoms with van der Waals surface area (Å²) in [4.78, 5) is 38.8. The lowest BCUT2D eigenvalue weighted by Gasteiger charge is -2.15. The molecule has 0 amide bonds. The Kier molecular flexibility index (Phi) is 6.50. The Balaban J connectivity index is 2.08. The third-order valence-corrected chi connectivity index (χ3v) is 7.49. The molecule has 0 saturated heterocycles. The minimum absolute atomic E-state index is 0.0402. The molecule has 5 rings (SSSR count). The minimum atomic E-state index is -1.30. The van der Waals surface area contributed by atoms with Crippen LogP contribution in [-0.2, 0) is 6.42 Å². The van der Waals surface area contributed by atoms with E-state index in [0.29, 0.717) is 0 Å². The second-order valence-corrected chi connectivity index (χ2v) is 10.8. The number of phenolic OH excluding ortho intramolecular Hbond substituents is 5.